The Hall–Kier alpha value is -4.21. The number of hydrogen-bond donors (Lipinski definition) is 2. The highest BCUT2D eigenvalue weighted by Crippen LogP contribution is 2.30. The molecule has 5 rings (SSSR count). The highest BCUT2D eigenvalue weighted by molar-refractivity contribution is 6.28. The van der Waals surface area contributed by atoms with E-state index in [-0.39, 0.29) is 23.2 Å². The van der Waals surface area contributed by atoms with Crippen LogP contribution in [0.15, 0.2) is 84.9 Å². The highest BCUT2D eigenvalue weighted by atomic mass is 35.5. The van der Waals surface area contributed by atoms with Gasteiger partial charge >= 0.3 is 0 Å². The van der Waals surface area contributed by atoms with Crippen LogP contribution in [0.4, 0.5) is 11.9 Å². The molecule has 0 atom stereocenters. The Morgan fingerprint density at radius 1 is 0.842 bits per heavy atom. The molecule has 9 nitrogen and oxygen atoms in total. The number of anilines is 2. The second-order valence-electron chi connectivity index (χ2n) is 8.78. The number of halogens is 1. The van der Waals surface area contributed by atoms with Crippen molar-refractivity contribution in [1.29, 1.82) is 0 Å². The van der Waals surface area contributed by atoms with Gasteiger partial charge in [-0.15, -0.1) is 0 Å². The number of carbonyl (C=O) groups excluding carboxylic acids is 1. The Kier molecular flexibility index (Phi) is 7.96. The fourth-order valence-electron chi connectivity index (χ4n) is 4.53. The summed E-state index contributed by atoms with van der Waals surface area (Å²) in [5.74, 6) is 0.951. The number of rotatable bonds is 8. The SMILES string of the molecule is COc1ccc(C(=O)NNc2nc(Cl)nc(N3CCN(C(c4ccccc4)c4ccccc4)CC3)n2)cc1. The van der Waals surface area contributed by atoms with E-state index in [1.165, 1.54) is 11.1 Å². The van der Waals surface area contributed by atoms with Crippen molar-refractivity contribution in [2.75, 3.05) is 43.6 Å². The van der Waals surface area contributed by atoms with Gasteiger partial charge in [-0.2, -0.15) is 15.0 Å². The van der Waals surface area contributed by atoms with Gasteiger partial charge in [0, 0.05) is 31.7 Å². The van der Waals surface area contributed by atoms with Crippen molar-refractivity contribution < 1.29 is 9.53 Å². The fourth-order valence-corrected chi connectivity index (χ4v) is 4.68. The number of nitrogens with one attached hydrogen (secondary N) is 2. The molecule has 1 amide bonds. The summed E-state index contributed by atoms with van der Waals surface area (Å²) in [7, 11) is 1.57. The summed E-state index contributed by atoms with van der Waals surface area (Å²) in [5.41, 5.74) is 8.32. The van der Waals surface area contributed by atoms with Gasteiger partial charge in [-0.3, -0.25) is 20.5 Å². The van der Waals surface area contributed by atoms with E-state index in [1.807, 2.05) is 12.1 Å². The monoisotopic (exact) mass is 529 g/mol. The van der Waals surface area contributed by atoms with Crippen LogP contribution in [0.1, 0.15) is 27.5 Å². The first-order valence-corrected chi connectivity index (χ1v) is 12.7. The number of methoxy groups -OCH3 is 1. The minimum absolute atomic E-state index is 0.0464. The maximum atomic E-state index is 12.5. The average molecular weight is 530 g/mol. The van der Waals surface area contributed by atoms with Crippen LogP contribution >= 0.6 is 11.6 Å². The molecule has 1 aromatic heterocycles. The van der Waals surface area contributed by atoms with Crippen molar-refractivity contribution in [3.05, 3.63) is 107 Å². The molecule has 0 aliphatic carbocycles. The fraction of sp³-hybridized carbons (Fsp3) is 0.214. The first kappa shape index (κ1) is 25.4. The number of piperazine rings is 1. The zero-order valence-corrected chi connectivity index (χ0v) is 21.7. The smallest absolute Gasteiger partial charge is 0.269 e. The largest absolute Gasteiger partial charge is 0.497 e. The summed E-state index contributed by atoms with van der Waals surface area (Å²) in [6, 6.07) is 28.0. The van der Waals surface area contributed by atoms with Crippen LogP contribution < -0.4 is 20.5 Å². The second kappa shape index (κ2) is 11.9. The Labute approximate surface area is 226 Å². The van der Waals surface area contributed by atoms with Crippen LogP contribution in [0.5, 0.6) is 5.75 Å². The molecule has 2 heterocycles. The zero-order chi connectivity index (χ0) is 26.3. The third kappa shape index (κ3) is 6.01. The predicted molar refractivity (Wildman–Crippen MR) is 147 cm³/mol. The number of hydrogen-bond acceptors (Lipinski definition) is 8. The molecule has 1 saturated heterocycles. The van der Waals surface area contributed by atoms with E-state index in [9.17, 15) is 4.79 Å². The summed E-state index contributed by atoms with van der Waals surface area (Å²) in [5, 5.41) is 0.0464. The Bertz CT molecular complexity index is 1310. The normalized spacial score (nSPS) is 13.8. The number of benzene rings is 3. The standard InChI is InChI=1S/C28H28ClN7O2/c1-38-23-14-12-22(13-15-23)25(37)33-34-27-30-26(29)31-28(32-27)36-18-16-35(17-19-36)24(20-8-4-2-5-9-20)21-10-6-3-7-11-21/h2-15,24H,16-19H2,1H3,(H,33,37)(H,30,31,32,34). The van der Waals surface area contributed by atoms with Gasteiger partial charge in [-0.25, -0.2) is 0 Å². The van der Waals surface area contributed by atoms with E-state index in [0.29, 0.717) is 30.4 Å². The molecular weight excluding hydrogens is 502 g/mol. The lowest BCUT2D eigenvalue weighted by molar-refractivity contribution is 0.0962. The number of hydrazine groups is 1. The van der Waals surface area contributed by atoms with Crippen LogP contribution in [-0.2, 0) is 0 Å². The molecule has 1 fully saturated rings. The molecule has 0 bridgehead atoms. The van der Waals surface area contributed by atoms with E-state index < -0.39 is 0 Å². The van der Waals surface area contributed by atoms with Crippen molar-refractivity contribution in [3.63, 3.8) is 0 Å². The number of amides is 1. The Balaban J connectivity index is 1.25. The number of ether oxygens (including phenoxy) is 1. The van der Waals surface area contributed by atoms with Crippen molar-refractivity contribution in [2.24, 2.45) is 0 Å². The molecular formula is C28H28ClN7O2. The topological polar surface area (TPSA) is 95.5 Å². The van der Waals surface area contributed by atoms with Gasteiger partial charge in [-0.05, 0) is 47.0 Å². The third-order valence-electron chi connectivity index (χ3n) is 6.43. The van der Waals surface area contributed by atoms with Crippen LogP contribution in [0.2, 0.25) is 5.28 Å². The van der Waals surface area contributed by atoms with E-state index in [1.54, 1.807) is 31.4 Å². The van der Waals surface area contributed by atoms with Gasteiger partial charge in [0.1, 0.15) is 5.75 Å². The average Bonchev–Trinajstić information content (AvgIpc) is 2.97. The minimum atomic E-state index is -0.341. The Morgan fingerprint density at radius 3 is 2.03 bits per heavy atom. The van der Waals surface area contributed by atoms with E-state index in [2.05, 4.69) is 84.1 Å². The van der Waals surface area contributed by atoms with Gasteiger partial charge in [0.05, 0.1) is 13.2 Å². The van der Waals surface area contributed by atoms with Crippen molar-refractivity contribution >= 4 is 29.4 Å². The van der Waals surface area contributed by atoms with Gasteiger partial charge < -0.3 is 9.64 Å². The van der Waals surface area contributed by atoms with Crippen LogP contribution in [0.25, 0.3) is 0 Å². The summed E-state index contributed by atoms with van der Waals surface area (Å²) < 4.78 is 5.13. The number of nitrogens with zero attached hydrogens (tertiary/aromatic N) is 5. The van der Waals surface area contributed by atoms with Gasteiger partial charge in [-0.1, -0.05) is 60.7 Å². The van der Waals surface area contributed by atoms with E-state index in [4.69, 9.17) is 16.3 Å². The quantitative estimate of drug-likeness (QED) is 0.328. The molecule has 1 aliphatic heterocycles. The number of carbonyl (C=O) groups is 1. The minimum Gasteiger partial charge on any atom is -0.497 e. The maximum Gasteiger partial charge on any atom is 0.269 e. The summed E-state index contributed by atoms with van der Waals surface area (Å²) >= 11 is 6.21. The molecule has 38 heavy (non-hydrogen) atoms. The highest BCUT2D eigenvalue weighted by Gasteiger charge is 2.27. The summed E-state index contributed by atoms with van der Waals surface area (Å²) in [4.78, 5) is 30.0. The van der Waals surface area contributed by atoms with Crippen LogP contribution in [0.3, 0.4) is 0 Å². The summed E-state index contributed by atoms with van der Waals surface area (Å²) in [6.45, 7) is 3.06. The Morgan fingerprint density at radius 2 is 1.45 bits per heavy atom. The lowest BCUT2D eigenvalue weighted by Gasteiger charge is -2.39. The van der Waals surface area contributed by atoms with Crippen molar-refractivity contribution in [1.82, 2.24) is 25.3 Å². The van der Waals surface area contributed by atoms with Gasteiger partial charge in [0.15, 0.2) is 0 Å². The predicted octanol–water partition coefficient (Wildman–Crippen LogP) is 4.20. The molecule has 0 radical (unpaired) electrons. The van der Waals surface area contributed by atoms with Crippen LogP contribution in [-0.4, -0.2) is 59.0 Å². The van der Waals surface area contributed by atoms with Crippen molar-refractivity contribution in [2.45, 2.75) is 6.04 Å². The van der Waals surface area contributed by atoms with Crippen LogP contribution in [0, 0.1) is 0 Å². The lowest BCUT2D eigenvalue weighted by atomic mass is 9.96. The van der Waals surface area contributed by atoms with Gasteiger partial charge in [0.25, 0.3) is 5.91 Å². The molecule has 194 valence electrons. The maximum absolute atomic E-state index is 12.5. The molecule has 0 unspecified atom stereocenters. The molecule has 1 aliphatic rings. The second-order valence-corrected chi connectivity index (χ2v) is 9.12. The number of aromatic nitrogens is 3. The molecule has 3 aromatic carbocycles. The first-order valence-electron chi connectivity index (χ1n) is 12.3. The van der Waals surface area contributed by atoms with Gasteiger partial charge in [0.2, 0.25) is 17.2 Å². The zero-order valence-electron chi connectivity index (χ0n) is 20.9. The molecule has 4 aromatic rings. The third-order valence-corrected chi connectivity index (χ3v) is 6.60. The van der Waals surface area contributed by atoms with E-state index >= 15 is 0 Å². The lowest BCUT2D eigenvalue weighted by Crippen LogP contribution is -2.48. The first-order chi connectivity index (χ1) is 18.6. The molecule has 2 N–H and O–H groups in total. The van der Waals surface area contributed by atoms with E-state index in [0.717, 1.165) is 13.1 Å². The molecule has 0 saturated carbocycles. The summed E-state index contributed by atoms with van der Waals surface area (Å²) in [6.07, 6.45) is 0. The molecule has 0 spiro atoms. The van der Waals surface area contributed by atoms with Crippen molar-refractivity contribution in [3.8, 4) is 5.75 Å². The molecule has 10 heteroatoms.